The van der Waals surface area contributed by atoms with Crippen molar-refractivity contribution in [2.45, 2.75) is 30.2 Å². The largest absolute Gasteiger partial charge is 0.317 e. The molecule has 0 saturated heterocycles. The van der Waals surface area contributed by atoms with Crippen molar-refractivity contribution in [1.82, 2.24) is 5.32 Å². The van der Waals surface area contributed by atoms with E-state index >= 15 is 0 Å². The van der Waals surface area contributed by atoms with E-state index in [0.717, 1.165) is 0 Å². The molecule has 88 valence electrons. The number of fused-ring (bicyclic) bond motifs is 1. The van der Waals surface area contributed by atoms with E-state index in [1.807, 2.05) is 18.8 Å². The van der Waals surface area contributed by atoms with Gasteiger partial charge >= 0.3 is 0 Å². The number of hydrogen-bond donors (Lipinski definition) is 1. The summed E-state index contributed by atoms with van der Waals surface area (Å²) in [4.78, 5) is 1.45. The van der Waals surface area contributed by atoms with Crippen molar-refractivity contribution in [3.63, 3.8) is 0 Å². The molecule has 0 amide bonds. The molecule has 1 aliphatic heterocycles. The zero-order chi connectivity index (χ0) is 11.5. The van der Waals surface area contributed by atoms with E-state index in [2.05, 4.69) is 30.4 Å². The van der Waals surface area contributed by atoms with Crippen molar-refractivity contribution in [2.75, 3.05) is 18.7 Å². The van der Waals surface area contributed by atoms with Gasteiger partial charge in [-0.1, -0.05) is 12.1 Å². The number of thioether (sulfide) groups is 1. The second-order valence-electron chi connectivity index (χ2n) is 4.30. The SMILES string of the molecule is CNC(C)C(CCl)c1ccc2c(c1)CCS2. The van der Waals surface area contributed by atoms with Crippen molar-refractivity contribution >= 4 is 23.4 Å². The predicted octanol–water partition coefficient (Wildman–Crippen LogP) is 3.27. The Balaban J connectivity index is 2.25. The third-order valence-corrected chi connectivity index (χ3v) is 4.82. The third-order valence-electron chi connectivity index (χ3n) is 3.37. The number of halogens is 1. The summed E-state index contributed by atoms with van der Waals surface area (Å²) in [5.41, 5.74) is 2.87. The Morgan fingerprint density at radius 3 is 3.00 bits per heavy atom. The van der Waals surface area contributed by atoms with Crippen LogP contribution in [-0.2, 0) is 6.42 Å². The van der Waals surface area contributed by atoms with Gasteiger partial charge in [0.2, 0.25) is 0 Å². The molecule has 2 unspecified atom stereocenters. The van der Waals surface area contributed by atoms with Gasteiger partial charge in [-0.2, -0.15) is 0 Å². The van der Waals surface area contributed by atoms with Crippen LogP contribution in [-0.4, -0.2) is 24.7 Å². The van der Waals surface area contributed by atoms with Gasteiger partial charge in [0.25, 0.3) is 0 Å². The molecule has 2 rings (SSSR count). The molecular formula is C13H18ClNS. The van der Waals surface area contributed by atoms with Crippen molar-refractivity contribution < 1.29 is 0 Å². The maximum atomic E-state index is 6.08. The van der Waals surface area contributed by atoms with Gasteiger partial charge in [-0.3, -0.25) is 0 Å². The summed E-state index contributed by atoms with van der Waals surface area (Å²) in [6, 6.07) is 7.25. The highest BCUT2D eigenvalue weighted by molar-refractivity contribution is 7.99. The van der Waals surface area contributed by atoms with Crippen molar-refractivity contribution in [3.8, 4) is 0 Å². The fraction of sp³-hybridized carbons (Fsp3) is 0.538. The van der Waals surface area contributed by atoms with Crippen molar-refractivity contribution in [2.24, 2.45) is 0 Å². The Kier molecular flexibility index (Phi) is 4.17. The van der Waals surface area contributed by atoms with Gasteiger partial charge in [-0.25, -0.2) is 0 Å². The lowest BCUT2D eigenvalue weighted by atomic mass is 9.92. The number of likely N-dealkylation sites (N-methyl/N-ethyl adjacent to an activating group) is 1. The zero-order valence-corrected chi connectivity index (χ0v) is 11.4. The van der Waals surface area contributed by atoms with Crippen LogP contribution in [0.3, 0.4) is 0 Å². The monoisotopic (exact) mass is 255 g/mol. The molecule has 0 radical (unpaired) electrons. The summed E-state index contributed by atoms with van der Waals surface area (Å²) < 4.78 is 0. The zero-order valence-electron chi connectivity index (χ0n) is 9.79. The Morgan fingerprint density at radius 2 is 2.31 bits per heavy atom. The van der Waals surface area contributed by atoms with Crippen LogP contribution in [0, 0.1) is 0 Å². The van der Waals surface area contributed by atoms with Gasteiger partial charge in [0.05, 0.1) is 0 Å². The fourth-order valence-corrected chi connectivity index (χ4v) is 3.65. The standard InChI is InChI=1S/C13H18ClNS/c1-9(15-2)12(8-14)10-3-4-13-11(7-10)5-6-16-13/h3-4,7,9,12,15H,5-6,8H2,1-2H3. The van der Waals surface area contributed by atoms with Crippen molar-refractivity contribution in [1.29, 1.82) is 0 Å². The minimum absolute atomic E-state index is 0.405. The van der Waals surface area contributed by atoms with Crippen LogP contribution in [0.2, 0.25) is 0 Å². The summed E-state index contributed by atoms with van der Waals surface area (Å²) in [6.45, 7) is 2.19. The normalized spacial score (nSPS) is 18.2. The first kappa shape index (κ1) is 12.3. The molecule has 0 spiro atoms. The number of alkyl halides is 1. The maximum absolute atomic E-state index is 6.08. The number of aryl methyl sites for hydroxylation is 1. The lowest BCUT2D eigenvalue weighted by Gasteiger charge is -2.22. The van der Waals surface area contributed by atoms with Crippen LogP contribution in [0.5, 0.6) is 0 Å². The van der Waals surface area contributed by atoms with Crippen LogP contribution >= 0.6 is 23.4 Å². The molecule has 3 heteroatoms. The highest BCUT2D eigenvalue weighted by atomic mass is 35.5. The average molecular weight is 256 g/mol. The molecule has 0 bridgehead atoms. The highest BCUT2D eigenvalue weighted by Gasteiger charge is 2.19. The summed E-state index contributed by atoms with van der Waals surface area (Å²) in [5, 5.41) is 3.29. The van der Waals surface area contributed by atoms with Crippen LogP contribution in [0.4, 0.5) is 0 Å². The van der Waals surface area contributed by atoms with Gasteiger partial charge in [0, 0.05) is 28.5 Å². The molecule has 0 aliphatic carbocycles. The molecule has 1 heterocycles. The van der Waals surface area contributed by atoms with E-state index in [4.69, 9.17) is 11.6 Å². The molecule has 0 saturated carbocycles. The van der Waals surface area contributed by atoms with Crippen molar-refractivity contribution in [3.05, 3.63) is 29.3 Å². The minimum Gasteiger partial charge on any atom is -0.317 e. The van der Waals surface area contributed by atoms with Gasteiger partial charge in [0.15, 0.2) is 0 Å². The van der Waals surface area contributed by atoms with E-state index < -0.39 is 0 Å². The minimum atomic E-state index is 0.405. The topological polar surface area (TPSA) is 12.0 Å². The first-order valence-corrected chi connectivity index (χ1v) is 7.27. The quantitative estimate of drug-likeness (QED) is 0.829. The molecule has 16 heavy (non-hydrogen) atoms. The lowest BCUT2D eigenvalue weighted by Crippen LogP contribution is -2.30. The first-order valence-electron chi connectivity index (χ1n) is 5.75. The highest BCUT2D eigenvalue weighted by Crippen LogP contribution is 2.34. The lowest BCUT2D eigenvalue weighted by molar-refractivity contribution is 0.527. The van der Waals surface area contributed by atoms with E-state index in [9.17, 15) is 0 Å². The predicted molar refractivity (Wildman–Crippen MR) is 72.9 cm³/mol. The second kappa shape index (κ2) is 5.44. The van der Waals surface area contributed by atoms with E-state index in [1.54, 1.807) is 0 Å². The van der Waals surface area contributed by atoms with Crippen LogP contribution < -0.4 is 5.32 Å². The van der Waals surface area contributed by atoms with E-state index in [-0.39, 0.29) is 0 Å². The fourth-order valence-electron chi connectivity index (χ4n) is 2.15. The average Bonchev–Trinajstić information content (AvgIpc) is 2.77. The summed E-state index contributed by atoms with van der Waals surface area (Å²) in [5.74, 6) is 2.31. The van der Waals surface area contributed by atoms with E-state index in [0.29, 0.717) is 17.8 Å². The molecule has 1 N–H and O–H groups in total. The molecule has 1 aliphatic rings. The Morgan fingerprint density at radius 1 is 1.50 bits per heavy atom. The number of hydrogen-bond acceptors (Lipinski definition) is 2. The molecule has 1 aromatic rings. The summed E-state index contributed by atoms with van der Waals surface area (Å²) in [7, 11) is 1.99. The Bertz CT molecular complexity index is 367. The number of nitrogens with one attached hydrogen (secondary N) is 1. The summed E-state index contributed by atoms with van der Waals surface area (Å²) >= 11 is 8.04. The van der Waals surface area contributed by atoms with Gasteiger partial charge in [-0.15, -0.1) is 23.4 Å². The molecular weight excluding hydrogens is 238 g/mol. The summed E-state index contributed by atoms with van der Waals surface area (Å²) in [6.07, 6.45) is 1.21. The Labute approximate surface area is 107 Å². The van der Waals surface area contributed by atoms with Crippen LogP contribution in [0.15, 0.2) is 23.1 Å². The smallest absolute Gasteiger partial charge is 0.0307 e. The van der Waals surface area contributed by atoms with E-state index in [1.165, 1.54) is 28.2 Å². The third kappa shape index (κ3) is 2.39. The van der Waals surface area contributed by atoms with Gasteiger partial charge in [0.1, 0.15) is 0 Å². The second-order valence-corrected chi connectivity index (χ2v) is 5.75. The molecule has 1 nitrogen and oxygen atoms in total. The van der Waals surface area contributed by atoms with Crippen LogP contribution in [0.1, 0.15) is 24.0 Å². The molecule has 0 aromatic heterocycles. The first-order chi connectivity index (χ1) is 7.76. The molecule has 2 atom stereocenters. The van der Waals surface area contributed by atoms with Crippen LogP contribution in [0.25, 0.3) is 0 Å². The molecule has 1 aromatic carbocycles. The number of rotatable bonds is 4. The Hall–Kier alpha value is -0.180. The maximum Gasteiger partial charge on any atom is 0.0307 e. The van der Waals surface area contributed by atoms with Gasteiger partial charge < -0.3 is 5.32 Å². The van der Waals surface area contributed by atoms with Gasteiger partial charge in [-0.05, 0) is 37.6 Å². The molecule has 0 fully saturated rings. The number of benzene rings is 1.